The number of rotatable bonds is 5. The number of carbonyl (C=O) groups excluding carboxylic acids is 1. The van der Waals surface area contributed by atoms with E-state index in [1.807, 2.05) is 0 Å². The maximum Gasteiger partial charge on any atom is 0.225 e. The maximum absolute atomic E-state index is 12.7. The SMILES string of the molecule is CCC(C)CC1CCN(C(=O)C2CCN(C(C)C)CC2)CC1. The van der Waals surface area contributed by atoms with Gasteiger partial charge in [-0.2, -0.15) is 0 Å². The van der Waals surface area contributed by atoms with E-state index in [4.69, 9.17) is 0 Å². The predicted molar refractivity (Wildman–Crippen MR) is 92.8 cm³/mol. The van der Waals surface area contributed by atoms with Gasteiger partial charge in [0.25, 0.3) is 0 Å². The Kier molecular flexibility index (Phi) is 6.73. The van der Waals surface area contributed by atoms with E-state index in [0.717, 1.165) is 50.9 Å². The van der Waals surface area contributed by atoms with Crippen molar-refractivity contribution in [1.82, 2.24) is 9.80 Å². The minimum Gasteiger partial charge on any atom is -0.342 e. The molecule has 0 bridgehead atoms. The summed E-state index contributed by atoms with van der Waals surface area (Å²) < 4.78 is 0. The van der Waals surface area contributed by atoms with Crippen molar-refractivity contribution < 1.29 is 4.79 Å². The molecule has 3 nitrogen and oxygen atoms in total. The zero-order valence-electron chi connectivity index (χ0n) is 15.2. The summed E-state index contributed by atoms with van der Waals surface area (Å²) in [6.07, 6.45) is 7.20. The fourth-order valence-electron chi connectivity index (χ4n) is 4.05. The first-order valence-corrected chi connectivity index (χ1v) is 9.54. The van der Waals surface area contributed by atoms with E-state index in [1.54, 1.807) is 0 Å². The molecule has 2 saturated heterocycles. The summed E-state index contributed by atoms with van der Waals surface area (Å²) in [5.41, 5.74) is 0. The molecule has 0 aliphatic carbocycles. The lowest BCUT2D eigenvalue weighted by Crippen LogP contribution is -2.46. The molecule has 1 amide bonds. The molecule has 2 heterocycles. The van der Waals surface area contributed by atoms with Crippen LogP contribution in [0.15, 0.2) is 0 Å². The van der Waals surface area contributed by atoms with E-state index in [-0.39, 0.29) is 0 Å². The number of amides is 1. The molecule has 0 saturated carbocycles. The smallest absolute Gasteiger partial charge is 0.225 e. The lowest BCUT2D eigenvalue weighted by atomic mass is 9.86. The third kappa shape index (κ3) is 4.71. The molecule has 3 heteroatoms. The third-order valence-corrected chi connectivity index (χ3v) is 5.97. The molecule has 1 unspecified atom stereocenters. The quantitative estimate of drug-likeness (QED) is 0.771. The molecule has 1 atom stereocenters. The van der Waals surface area contributed by atoms with Crippen LogP contribution in [0.2, 0.25) is 0 Å². The molecule has 0 aromatic rings. The van der Waals surface area contributed by atoms with E-state index >= 15 is 0 Å². The number of hydrogen-bond donors (Lipinski definition) is 0. The van der Waals surface area contributed by atoms with Gasteiger partial charge >= 0.3 is 0 Å². The topological polar surface area (TPSA) is 23.6 Å². The van der Waals surface area contributed by atoms with Gasteiger partial charge < -0.3 is 9.80 Å². The summed E-state index contributed by atoms with van der Waals surface area (Å²) in [7, 11) is 0. The summed E-state index contributed by atoms with van der Waals surface area (Å²) in [6.45, 7) is 13.4. The number of hydrogen-bond acceptors (Lipinski definition) is 2. The Balaban J connectivity index is 1.74. The van der Waals surface area contributed by atoms with Crippen molar-refractivity contribution in [3.8, 4) is 0 Å². The van der Waals surface area contributed by atoms with E-state index in [0.29, 0.717) is 17.9 Å². The monoisotopic (exact) mass is 308 g/mol. The molecule has 2 fully saturated rings. The zero-order chi connectivity index (χ0) is 16.1. The summed E-state index contributed by atoms with van der Waals surface area (Å²) in [5.74, 6) is 2.43. The minimum absolute atomic E-state index is 0.293. The summed E-state index contributed by atoms with van der Waals surface area (Å²) in [5, 5.41) is 0. The van der Waals surface area contributed by atoms with Gasteiger partial charge in [0, 0.05) is 25.0 Å². The Labute approximate surface area is 137 Å². The Morgan fingerprint density at radius 3 is 2.09 bits per heavy atom. The molecule has 2 aliphatic heterocycles. The fourth-order valence-corrected chi connectivity index (χ4v) is 4.05. The van der Waals surface area contributed by atoms with Crippen molar-refractivity contribution in [3.05, 3.63) is 0 Å². The normalized spacial score (nSPS) is 24.0. The van der Waals surface area contributed by atoms with E-state index in [9.17, 15) is 4.79 Å². The van der Waals surface area contributed by atoms with Crippen LogP contribution in [0.25, 0.3) is 0 Å². The first kappa shape index (κ1) is 17.8. The van der Waals surface area contributed by atoms with Crippen LogP contribution in [0.1, 0.15) is 66.2 Å². The van der Waals surface area contributed by atoms with Crippen molar-refractivity contribution in [2.75, 3.05) is 26.2 Å². The maximum atomic E-state index is 12.7. The summed E-state index contributed by atoms with van der Waals surface area (Å²) >= 11 is 0. The van der Waals surface area contributed by atoms with Gasteiger partial charge in [-0.1, -0.05) is 20.3 Å². The highest BCUT2D eigenvalue weighted by atomic mass is 16.2. The molecule has 2 rings (SSSR count). The average molecular weight is 309 g/mol. The molecule has 2 aliphatic rings. The highest BCUT2D eigenvalue weighted by Crippen LogP contribution is 2.28. The van der Waals surface area contributed by atoms with Gasteiger partial charge in [0.2, 0.25) is 5.91 Å². The molecule has 128 valence electrons. The van der Waals surface area contributed by atoms with Gasteiger partial charge in [-0.25, -0.2) is 0 Å². The van der Waals surface area contributed by atoms with E-state index in [2.05, 4.69) is 37.5 Å². The number of carbonyl (C=O) groups is 1. The second-order valence-electron chi connectivity index (χ2n) is 7.92. The molecular weight excluding hydrogens is 272 g/mol. The Bertz CT molecular complexity index is 339. The number of likely N-dealkylation sites (tertiary alicyclic amines) is 2. The van der Waals surface area contributed by atoms with Crippen molar-refractivity contribution in [2.45, 2.75) is 72.3 Å². The molecular formula is C19H36N2O. The van der Waals surface area contributed by atoms with E-state index < -0.39 is 0 Å². The van der Waals surface area contributed by atoms with Crippen LogP contribution < -0.4 is 0 Å². The highest BCUT2D eigenvalue weighted by molar-refractivity contribution is 5.79. The van der Waals surface area contributed by atoms with Gasteiger partial charge in [0.05, 0.1) is 0 Å². The van der Waals surface area contributed by atoms with Crippen molar-refractivity contribution in [3.63, 3.8) is 0 Å². The Morgan fingerprint density at radius 2 is 1.59 bits per heavy atom. The molecule has 0 N–H and O–H groups in total. The number of piperidine rings is 2. The van der Waals surface area contributed by atoms with Crippen LogP contribution in [0.3, 0.4) is 0 Å². The lowest BCUT2D eigenvalue weighted by molar-refractivity contribution is -0.138. The van der Waals surface area contributed by atoms with E-state index in [1.165, 1.54) is 25.7 Å². The Hall–Kier alpha value is -0.570. The van der Waals surface area contributed by atoms with Gasteiger partial charge in [0.1, 0.15) is 0 Å². The molecule has 0 radical (unpaired) electrons. The van der Waals surface area contributed by atoms with Crippen molar-refractivity contribution >= 4 is 5.91 Å². The minimum atomic E-state index is 0.293. The van der Waals surface area contributed by atoms with Crippen LogP contribution >= 0.6 is 0 Å². The summed E-state index contributed by atoms with van der Waals surface area (Å²) in [4.78, 5) is 17.4. The third-order valence-electron chi connectivity index (χ3n) is 5.97. The second-order valence-corrected chi connectivity index (χ2v) is 7.92. The lowest BCUT2D eigenvalue weighted by Gasteiger charge is -2.38. The summed E-state index contributed by atoms with van der Waals surface area (Å²) in [6, 6.07) is 0.618. The molecule has 0 aromatic carbocycles. The molecule has 0 spiro atoms. The van der Waals surface area contributed by atoms with Crippen molar-refractivity contribution in [1.29, 1.82) is 0 Å². The predicted octanol–water partition coefficient (Wildman–Crippen LogP) is 3.78. The van der Waals surface area contributed by atoms with Crippen LogP contribution in [0.4, 0.5) is 0 Å². The van der Waals surface area contributed by atoms with Gasteiger partial charge in [-0.15, -0.1) is 0 Å². The van der Waals surface area contributed by atoms with Crippen LogP contribution in [-0.2, 0) is 4.79 Å². The van der Waals surface area contributed by atoms with Crippen molar-refractivity contribution in [2.24, 2.45) is 17.8 Å². The fraction of sp³-hybridized carbons (Fsp3) is 0.947. The zero-order valence-corrected chi connectivity index (χ0v) is 15.2. The average Bonchev–Trinajstić information content (AvgIpc) is 2.55. The Morgan fingerprint density at radius 1 is 1.00 bits per heavy atom. The molecule has 0 aromatic heterocycles. The van der Waals surface area contributed by atoms with Gasteiger partial charge in [-0.05, 0) is 70.9 Å². The highest BCUT2D eigenvalue weighted by Gasteiger charge is 2.31. The van der Waals surface area contributed by atoms with Crippen LogP contribution in [0, 0.1) is 17.8 Å². The largest absolute Gasteiger partial charge is 0.342 e. The number of nitrogens with zero attached hydrogens (tertiary/aromatic N) is 2. The van der Waals surface area contributed by atoms with Gasteiger partial charge in [0.15, 0.2) is 0 Å². The molecule has 22 heavy (non-hydrogen) atoms. The van der Waals surface area contributed by atoms with Crippen LogP contribution in [0.5, 0.6) is 0 Å². The van der Waals surface area contributed by atoms with Gasteiger partial charge in [-0.3, -0.25) is 4.79 Å². The standard InChI is InChI=1S/C19H36N2O/c1-5-16(4)14-17-6-10-21(11-7-17)19(22)18-8-12-20(13-9-18)15(2)3/h15-18H,5-14H2,1-4H3. The van der Waals surface area contributed by atoms with Crippen LogP contribution in [-0.4, -0.2) is 47.9 Å². The second kappa shape index (κ2) is 8.33. The first-order chi connectivity index (χ1) is 10.5. The first-order valence-electron chi connectivity index (χ1n) is 9.54.